The average Bonchev–Trinajstić information content (AvgIpc) is 2.99. The Bertz CT molecular complexity index is 605. The number of hydrogen-bond acceptors (Lipinski definition) is 4. The van der Waals surface area contributed by atoms with Gasteiger partial charge in [0.25, 0.3) is 0 Å². The van der Waals surface area contributed by atoms with Crippen LogP contribution in [0.3, 0.4) is 0 Å². The molecule has 0 saturated heterocycles. The minimum atomic E-state index is 0.560. The average molecular weight is 301 g/mol. The van der Waals surface area contributed by atoms with E-state index in [0.717, 1.165) is 36.5 Å². The minimum Gasteiger partial charge on any atom is -0.314 e. The van der Waals surface area contributed by atoms with Crippen molar-refractivity contribution in [2.45, 2.75) is 46.1 Å². The normalized spacial score (nSPS) is 18.0. The number of thiophene rings is 1. The fourth-order valence-electron chi connectivity index (χ4n) is 2.96. The van der Waals surface area contributed by atoms with E-state index in [-0.39, 0.29) is 0 Å². The summed E-state index contributed by atoms with van der Waals surface area (Å²) < 4.78 is 0. The predicted octanol–water partition coefficient (Wildman–Crippen LogP) is 3.62. The molecule has 0 spiro atoms. The quantitative estimate of drug-likeness (QED) is 0.937. The van der Waals surface area contributed by atoms with Crippen LogP contribution in [0.1, 0.15) is 37.2 Å². The standard InChI is InChI=1S/C17H23N3S/c1-11(2)18-9-13-4-5-16-15(8-13)12(3)19-17(20-16)14-6-7-21-10-14/h6-7,10-11,13,18H,4-5,8-9H2,1-3H3. The second-order valence-electron chi connectivity index (χ2n) is 6.24. The molecule has 1 N–H and O–H groups in total. The van der Waals surface area contributed by atoms with Gasteiger partial charge in [-0.3, -0.25) is 0 Å². The third kappa shape index (κ3) is 3.33. The molecular formula is C17H23N3S. The van der Waals surface area contributed by atoms with Crippen molar-refractivity contribution in [1.82, 2.24) is 15.3 Å². The zero-order valence-electron chi connectivity index (χ0n) is 13.0. The smallest absolute Gasteiger partial charge is 0.160 e. The molecule has 0 bridgehead atoms. The van der Waals surface area contributed by atoms with Crippen LogP contribution in [0.4, 0.5) is 0 Å². The lowest BCUT2D eigenvalue weighted by Crippen LogP contribution is -2.32. The van der Waals surface area contributed by atoms with Crippen LogP contribution in [-0.4, -0.2) is 22.6 Å². The fourth-order valence-corrected chi connectivity index (χ4v) is 3.59. The van der Waals surface area contributed by atoms with Gasteiger partial charge in [0.05, 0.1) is 0 Å². The Kier molecular flexibility index (Phi) is 4.36. The highest BCUT2D eigenvalue weighted by Crippen LogP contribution is 2.28. The second kappa shape index (κ2) is 6.24. The molecule has 1 atom stereocenters. The van der Waals surface area contributed by atoms with Crippen LogP contribution in [0.2, 0.25) is 0 Å². The van der Waals surface area contributed by atoms with E-state index in [4.69, 9.17) is 9.97 Å². The largest absolute Gasteiger partial charge is 0.314 e. The van der Waals surface area contributed by atoms with Crippen molar-refractivity contribution in [3.8, 4) is 11.4 Å². The Labute approximate surface area is 130 Å². The first-order valence-electron chi connectivity index (χ1n) is 7.76. The molecule has 0 radical (unpaired) electrons. The van der Waals surface area contributed by atoms with Gasteiger partial charge in [0.15, 0.2) is 5.82 Å². The molecular weight excluding hydrogens is 278 g/mol. The summed E-state index contributed by atoms with van der Waals surface area (Å²) in [5, 5.41) is 7.77. The van der Waals surface area contributed by atoms with Gasteiger partial charge in [0.1, 0.15) is 0 Å². The molecule has 0 aromatic carbocycles. The van der Waals surface area contributed by atoms with Gasteiger partial charge in [0, 0.05) is 28.4 Å². The number of nitrogens with one attached hydrogen (secondary N) is 1. The molecule has 21 heavy (non-hydrogen) atoms. The molecule has 3 rings (SSSR count). The number of rotatable bonds is 4. The number of nitrogens with zero attached hydrogens (tertiary/aromatic N) is 2. The van der Waals surface area contributed by atoms with Crippen LogP contribution >= 0.6 is 11.3 Å². The maximum atomic E-state index is 4.82. The van der Waals surface area contributed by atoms with Crippen molar-refractivity contribution in [2.24, 2.45) is 5.92 Å². The van der Waals surface area contributed by atoms with Gasteiger partial charge in [-0.2, -0.15) is 11.3 Å². The molecule has 0 aliphatic heterocycles. The molecule has 1 aliphatic carbocycles. The lowest BCUT2D eigenvalue weighted by molar-refractivity contribution is 0.401. The zero-order chi connectivity index (χ0) is 14.8. The third-order valence-electron chi connectivity index (χ3n) is 4.18. The Morgan fingerprint density at radius 3 is 2.95 bits per heavy atom. The highest BCUT2D eigenvalue weighted by molar-refractivity contribution is 7.08. The second-order valence-corrected chi connectivity index (χ2v) is 7.02. The molecule has 1 aliphatic rings. The van der Waals surface area contributed by atoms with Crippen molar-refractivity contribution in [3.05, 3.63) is 33.8 Å². The Balaban J connectivity index is 1.80. The van der Waals surface area contributed by atoms with Crippen LogP contribution in [0.15, 0.2) is 16.8 Å². The van der Waals surface area contributed by atoms with Crippen molar-refractivity contribution in [1.29, 1.82) is 0 Å². The molecule has 1 unspecified atom stereocenters. The number of hydrogen-bond donors (Lipinski definition) is 1. The van der Waals surface area contributed by atoms with Crippen molar-refractivity contribution >= 4 is 11.3 Å². The molecule has 0 saturated carbocycles. The Hall–Kier alpha value is -1.26. The predicted molar refractivity (Wildman–Crippen MR) is 88.7 cm³/mol. The van der Waals surface area contributed by atoms with Crippen molar-refractivity contribution < 1.29 is 0 Å². The number of aromatic nitrogens is 2. The molecule has 0 fully saturated rings. The van der Waals surface area contributed by atoms with E-state index in [1.165, 1.54) is 17.7 Å². The van der Waals surface area contributed by atoms with Crippen molar-refractivity contribution in [3.63, 3.8) is 0 Å². The lowest BCUT2D eigenvalue weighted by atomic mass is 9.85. The van der Waals surface area contributed by atoms with Gasteiger partial charge >= 0.3 is 0 Å². The Morgan fingerprint density at radius 2 is 2.24 bits per heavy atom. The van der Waals surface area contributed by atoms with E-state index in [2.05, 4.69) is 42.9 Å². The highest BCUT2D eigenvalue weighted by atomic mass is 32.1. The molecule has 2 heterocycles. The maximum Gasteiger partial charge on any atom is 0.160 e. The first-order valence-corrected chi connectivity index (χ1v) is 8.70. The summed E-state index contributed by atoms with van der Waals surface area (Å²) in [6.45, 7) is 7.65. The van der Waals surface area contributed by atoms with Crippen LogP contribution < -0.4 is 5.32 Å². The van der Waals surface area contributed by atoms with Gasteiger partial charge in [0.2, 0.25) is 0 Å². The summed E-state index contributed by atoms with van der Waals surface area (Å²) in [5.41, 5.74) is 4.96. The van der Waals surface area contributed by atoms with E-state index >= 15 is 0 Å². The van der Waals surface area contributed by atoms with Crippen LogP contribution in [0.25, 0.3) is 11.4 Å². The molecule has 0 amide bonds. The summed E-state index contributed by atoms with van der Waals surface area (Å²) in [7, 11) is 0. The first-order chi connectivity index (χ1) is 10.1. The monoisotopic (exact) mass is 301 g/mol. The SMILES string of the molecule is Cc1nc(-c2ccsc2)nc2c1CC(CNC(C)C)CC2. The van der Waals surface area contributed by atoms with Gasteiger partial charge in [-0.1, -0.05) is 13.8 Å². The van der Waals surface area contributed by atoms with Crippen molar-refractivity contribution in [2.75, 3.05) is 6.54 Å². The van der Waals surface area contributed by atoms with E-state index in [1.54, 1.807) is 11.3 Å². The van der Waals surface area contributed by atoms with E-state index in [1.807, 2.05) is 0 Å². The maximum absolute atomic E-state index is 4.82. The van der Waals surface area contributed by atoms with Gasteiger partial charge in [-0.05, 0) is 55.7 Å². The van der Waals surface area contributed by atoms with E-state index in [9.17, 15) is 0 Å². The lowest BCUT2D eigenvalue weighted by Gasteiger charge is -2.26. The summed E-state index contributed by atoms with van der Waals surface area (Å²) >= 11 is 1.70. The molecule has 4 heteroatoms. The zero-order valence-corrected chi connectivity index (χ0v) is 13.8. The number of aryl methyl sites for hydroxylation is 2. The molecule has 2 aromatic rings. The van der Waals surface area contributed by atoms with Crippen LogP contribution in [0.5, 0.6) is 0 Å². The van der Waals surface area contributed by atoms with Gasteiger partial charge in [-0.15, -0.1) is 0 Å². The van der Waals surface area contributed by atoms with Crippen LogP contribution in [0, 0.1) is 12.8 Å². The van der Waals surface area contributed by atoms with Gasteiger partial charge in [-0.25, -0.2) is 9.97 Å². The van der Waals surface area contributed by atoms with Gasteiger partial charge < -0.3 is 5.32 Å². The van der Waals surface area contributed by atoms with E-state index in [0.29, 0.717) is 12.0 Å². The Morgan fingerprint density at radius 1 is 1.38 bits per heavy atom. The summed E-state index contributed by atoms with van der Waals surface area (Å²) in [6, 6.07) is 2.66. The number of fused-ring (bicyclic) bond motifs is 1. The van der Waals surface area contributed by atoms with E-state index < -0.39 is 0 Å². The molecule has 2 aromatic heterocycles. The minimum absolute atomic E-state index is 0.560. The van der Waals surface area contributed by atoms with Crippen LogP contribution in [-0.2, 0) is 12.8 Å². The first kappa shape index (κ1) is 14.7. The molecule has 3 nitrogen and oxygen atoms in total. The summed E-state index contributed by atoms with van der Waals surface area (Å²) in [6.07, 6.45) is 3.43. The fraction of sp³-hybridized carbons (Fsp3) is 0.529. The summed E-state index contributed by atoms with van der Waals surface area (Å²) in [5.74, 6) is 1.61. The summed E-state index contributed by atoms with van der Waals surface area (Å²) in [4.78, 5) is 9.56. The molecule has 112 valence electrons. The highest BCUT2D eigenvalue weighted by Gasteiger charge is 2.23. The topological polar surface area (TPSA) is 37.8 Å². The third-order valence-corrected chi connectivity index (χ3v) is 4.86.